The van der Waals surface area contributed by atoms with Crippen molar-refractivity contribution in [2.45, 2.75) is 6.92 Å². The van der Waals surface area contributed by atoms with Crippen LogP contribution in [0.15, 0.2) is 64.9 Å². The second-order valence-corrected chi connectivity index (χ2v) is 7.17. The first kappa shape index (κ1) is 17.9. The Labute approximate surface area is 173 Å². The van der Waals surface area contributed by atoms with Gasteiger partial charge in [-0.05, 0) is 47.7 Å². The largest absolute Gasteiger partial charge is 0.463 e. The molecule has 10 nitrogen and oxygen atoms in total. The van der Waals surface area contributed by atoms with Gasteiger partial charge in [-0.1, -0.05) is 6.07 Å². The number of rotatable bonds is 5. The summed E-state index contributed by atoms with van der Waals surface area (Å²) in [7, 11) is 0. The maximum absolute atomic E-state index is 12.9. The van der Waals surface area contributed by atoms with E-state index in [1.807, 2.05) is 30.5 Å². The summed E-state index contributed by atoms with van der Waals surface area (Å²) in [5.41, 5.74) is 2.60. The van der Waals surface area contributed by atoms with Gasteiger partial charge < -0.3 is 9.73 Å². The fraction of sp³-hybridized carbons (Fsp3) is 0.0526. The third-order valence-corrected chi connectivity index (χ3v) is 5.06. The van der Waals surface area contributed by atoms with E-state index in [-0.39, 0.29) is 5.91 Å². The van der Waals surface area contributed by atoms with Crippen molar-refractivity contribution in [3.05, 3.63) is 71.7 Å². The number of hydrogen-bond donors (Lipinski definition) is 1. The van der Waals surface area contributed by atoms with Gasteiger partial charge in [0.15, 0.2) is 5.76 Å². The number of hydrogen-bond acceptors (Lipinski definition) is 8. The Bertz CT molecular complexity index is 1300. The number of tetrazole rings is 1. The molecular formula is C19H14N8O2S. The lowest BCUT2D eigenvalue weighted by Crippen LogP contribution is -2.15. The van der Waals surface area contributed by atoms with Crippen LogP contribution in [-0.2, 0) is 0 Å². The molecule has 0 aliphatic rings. The molecule has 0 aliphatic carbocycles. The third kappa shape index (κ3) is 3.37. The van der Waals surface area contributed by atoms with Crippen molar-refractivity contribution in [1.82, 2.24) is 35.0 Å². The molecule has 0 aliphatic heterocycles. The lowest BCUT2D eigenvalue weighted by molar-refractivity contribution is 0.102. The Kier molecular flexibility index (Phi) is 4.41. The molecule has 30 heavy (non-hydrogen) atoms. The molecule has 0 atom stereocenters. The predicted octanol–water partition coefficient (Wildman–Crippen LogP) is 3.13. The van der Waals surface area contributed by atoms with E-state index in [1.54, 1.807) is 35.2 Å². The zero-order valence-electron chi connectivity index (χ0n) is 15.6. The quantitative estimate of drug-likeness (QED) is 0.466. The van der Waals surface area contributed by atoms with Crippen molar-refractivity contribution in [3.63, 3.8) is 0 Å². The number of amides is 1. The standard InChI is InChI=1S/C19H14N8O2S/c1-12-8-17(27(23-12)19-21-15(10-30-19)16-6-3-7-29-16)22-18(28)13-4-2-5-14(9-13)26-11-20-24-25-26/h2-11H,1H3,(H,22,28). The van der Waals surface area contributed by atoms with E-state index < -0.39 is 0 Å². The summed E-state index contributed by atoms with van der Waals surface area (Å²) in [6, 6.07) is 12.4. The van der Waals surface area contributed by atoms with Gasteiger partial charge in [0.2, 0.25) is 5.13 Å². The molecule has 1 amide bonds. The summed E-state index contributed by atoms with van der Waals surface area (Å²) in [6.45, 7) is 1.85. The molecule has 0 radical (unpaired) electrons. The molecule has 4 aromatic heterocycles. The van der Waals surface area contributed by atoms with Gasteiger partial charge in [0.25, 0.3) is 5.91 Å². The van der Waals surface area contributed by atoms with Gasteiger partial charge in [0.05, 0.1) is 17.6 Å². The number of nitrogens with one attached hydrogen (secondary N) is 1. The monoisotopic (exact) mass is 418 g/mol. The first-order valence-electron chi connectivity index (χ1n) is 8.88. The van der Waals surface area contributed by atoms with E-state index in [0.29, 0.717) is 33.7 Å². The minimum absolute atomic E-state index is 0.283. The Morgan fingerprint density at radius 2 is 2.13 bits per heavy atom. The van der Waals surface area contributed by atoms with Gasteiger partial charge in [-0.2, -0.15) is 9.78 Å². The van der Waals surface area contributed by atoms with Crippen LogP contribution >= 0.6 is 11.3 Å². The Hall–Kier alpha value is -4.12. The van der Waals surface area contributed by atoms with Gasteiger partial charge in [-0.3, -0.25) is 4.79 Å². The average Bonchev–Trinajstić information content (AvgIpc) is 3.54. The van der Waals surface area contributed by atoms with E-state index in [0.717, 1.165) is 5.69 Å². The minimum atomic E-state index is -0.283. The summed E-state index contributed by atoms with van der Waals surface area (Å²) in [6.07, 6.45) is 3.07. The number of benzene rings is 1. The van der Waals surface area contributed by atoms with Crippen LogP contribution < -0.4 is 5.32 Å². The molecule has 5 aromatic rings. The Balaban J connectivity index is 1.42. The van der Waals surface area contributed by atoms with Crippen LogP contribution in [0.25, 0.3) is 22.3 Å². The predicted molar refractivity (Wildman–Crippen MR) is 109 cm³/mol. The maximum atomic E-state index is 12.9. The summed E-state index contributed by atoms with van der Waals surface area (Å²) in [5.74, 6) is 0.908. The molecule has 0 saturated heterocycles. The second kappa shape index (κ2) is 7.37. The number of carbonyl (C=O) groups is 1. The number of anilines is 1. The minimum Gasteiger partial charge on any atom is -0.463 e. The first-order chi connectivity index (χ1) is 14.7. The van der Waals surface area contributed by atoms with Crippen molar-refractivity contribution in [2.75, 3.05) is 5.32 Å². The zero-order valence-corrected chi connectivity index (χ0v) is 16.4. The highest BCUT2D eigenvalue weighted by Crippen LogP contribution is 2.27. The molecule has 0 spiro atoms. The topological polar surface area (TPSA) is 117 Å². The molecule has 11 heteroatoms. The average molecular weight is 418 g/mol. The number of furan rings is 1. The van der Waals surface area contributed by atoms with Gasteiger partial charge in [-0.25, -0.2) is 9.67 Å². The first-order valence-corrected chi connectivity index (χ1v) is 9.76. The van der Waals surface area contributed by atoms with Gasteiger partial charge >= 0.3 is 0 Å². The van der Waals surface area contributed by atoms with Crippen LogP contribution in [0.2, 0.25) is 0 Å². The van der Waals surface area contributed by atoms with Crippen LogP contribution in [-0.4, -0.2) is 40.9 Å². The van der Waals surface area contributed by atoms with Crippen LogP contribution in [0.4, 0.5) is 5.82 Å². The van der Waals surface area contributed by atoms with E-state index in [9.17, 15) is 4.79 Å². The van der Waals surface area contributed by atoms with Crippen molar-refractivity contribution in [2.24, 2.45) is 0 Å². The molecular weight excluding hydrogens is 404 g/mol. The van der Waals surface area contributed by atoms with Crippen molar-refractivity contribution >= 4 is 23.1 Å². The lowest BCUT2D eigenvalue weighted by atomic mass is 10.2. The highest BCUT2D eigenvalue weighted by molar-refractivity contribution is 7.12. The third-order valence-electron chi connectivity index (χ3n) is 4.24. The Morgan fingerprint density at radius 1 is 1.20 bits per heavy atom. The number of aryl methyl sites for hydroxylation is 1. The highest BCUT2D eigenvalue weighted by Gasteiger charge is 2.16. The maximum Gasteiger partial charge on any atom is 0.256 e. The number of nitrogens with zero attached hydrogens (tertiary/aromatic N) is 7. The normalized spacial score (nSPS) is 11.0. The molecule has 4 heterocycles. The van der Waals surface area contributed by atoms with E-state index in [2.05, 4.69) is 30.9 Å². The SMILES string of the molecule is Cc1cc(NC(=O)c2cccc(-n3cnnn3)c2)n(-c2nc(-c3ccco3)cs2)n1. The lowest BCUT2D eigenvalue weighted by Gasteiger charge is -2.07. The summed E-state index contributed by atoms with van der Waals surface area (Å²) < 4.78 is 8.49. The highest BCUT2D eigenvalue weighted by atomic mass is 32.1. The molecule has 5 rings (SSSR count). The summed E-state index contributed by atoms with van der Waals surface area (Å²) >= 11 is 1.40. The molecule has 0 bridgehead atoms. The van der Waals surface area contributed by atoms with Crippen LogP contribution in [0, 0.1) is 6.92 Å². The molecule has 0 fully saturated rings. The van der Waals surface area contributed by atoms with Gasteiger partial charge in [-0.15, -0.1) is 16.4 Å². The van der Waals surface area contributed by atoms with Crippen LogP contribution in [0.5, 0.6) is 0 Å². The van der Waals surface area contributed by atoms with E-state index in [4.69, 9.17) is 4.42 Å². The smallest absolute Gasteiger partial charge is 0.256 e. The molecule has 0 saturated carbocycles. The van der Waals surface area contributed by atoms with Crippen LogP contribution in [0.1, 0.15) is 16.1 Å². The van der Waals surface area contributed by atoms with Crippen LogP contribution in [0.3, 0.4) is 0 Å². The molecule has 1 aromatic carbocycles. The number of carbonyl (C=O) groups excluding carboxylic acids is 1. The molecule has 0 unspecified atom stereocenters. The van der Waals surface area contributed by atoms with E-state index >= 15 is 0 Å². The van der Waals surface area contributed by atoms with Gasteiger partial charge in [0.1, 0.15) is 17.8 Å². The zero-order chi connectivity index (χ0) is 20.5. The second-order valence-electron chi connectivity index (χ2n) is 6.33. The van der Waals surface area contributed by atoms with Crippen molar-refractivity contribution in [3.8, 4) is 22.3 Å². The van der Waals surface area contributed by atoms with Crippen molar-refractivity contribution < 1.29 is 9.21 Å². The summed E-state index contributed by atoms with van der Waals surface area (Å²) in [4.78, 5) is 17.4. The van der Waals surface area contributed by atoms with Gasteiger partial charge in [0, 0.05) is 17.0 Å². The number of aromatic nitrogens is 7. The Morgan fingerprint density at radius 3 is 2.93 bits per heavy atom. The number of thiazole rings is 1. The van der Waals surface area contributed by atoms with E-state index in [1.165, 1.54) is 22.3 Å². The molecule has 1 N–H and O–H groups in total. The fourth-order valence-corrected chi connectivity index (χ4v) is 3.67. The molecule has 148 valence electrons. The summed E-state index contributed by atoms with van der Waals surface area (Å²) in [5, 5.41) is 21.0. The fourth-order valence-electron chi connectivity index (χ4n) is 2.89. The van der Waals surface area contributed by atoms with Crippen molar-refractivity contribution in [1.29, 1.82) is 0 Å².